The zero-order valence-electron chi connectivity index (χ0n) is 15.5. The second-order valence-electron chi connectivity index (χ2n) is 6.85. The molecule has 4 nitrogen and oxygen atoms in total. The quantitative estimate of drug-likeness (QED) is 0.524. The van der Waals surface area contributed by atoms with Crippen LogP contribution in [-0.4, -0.2) is 24.5 Å². The van der Waals surface area contributed by atoms with Crippen LogP contribution in [0.1, 0.15) is 48.8 Å². The molecule has 0 aromatic carbocycles. The molecule has 3 rings (SSSR count). The molecule has 144 valence electrons. The van der Waals surface area contributed by atoms with E-state index >= 15 is 0 Å². The highest BCUT2D eigenvalue weighted by atomic mass is 32.1. The van der Waals surface area contributed by atoms with Gasteiger partial charge in [0.2, 0.25) is 0 Å². The van der Waals surface area contributed by atoms with E-state index in [1.165, 1.54) is 43.4 Å². The first kappa shape index (κ1) is 19.8. The van der Waals surface area contributed by atoms with Gasteiger partial charge in [-0.05, 0) is 54.7 Å². The summed E-state index contributed by atoms with van der Waals surface area (Å²) in [7, 11) is 0. The molecule has 0 spiro atoms. The minimum absolute atomic E-state index is 0.226. The third kappa shape index (κ3) is 5.78. The normalized spacial score (nSPS) is 16.7. The van der Waals surface area contributed by atoms with Gasteiger partial charge in [-0.25, -0.2) is 4.79 Å². The fraction of sp³-hybridized carbons (Fsp3) is 0.429. The number of amides is 1. The van der Waals surface area contributed by atoms with Crippen LogP contribution in [0.15, 0.2) is 35.0 Å². The predicted molar refractivity (Wildman–Crippen MR) is 112 cm³/mol. The van der Waals surface area contributed by atoms with Crippen molar-refractivity contribution in [1.82, 2.24) is 5.32 Å². The summed E-state index contributed by atoms with van der Waals surface area (Å²) in [6.07, 6.45) is 7.12. The number of hydrogen-bond donors (Lipinski definition) is 1. The third-order valence-corrected chi connectivity index (χ3v) is 6.50. The average Bonchev–Trinajstić information content (AvgIpc) is 3.38. The Kier molecular flexibility index (Phi) is 7.24. The van der Waals surface area contributed by atoms with E-state index in [4.69, 9.17) is 4.74 Å². The van der Waals surface area contributed by atoms with E-state index in [9.17, 15) is 9.59 Å². The number of rotatable bonds is 7. The van der Waals surface area contributed by atoms with Gasteiger partial charge in [0.25, 0.3) is 5.91 Å². The molecule has 6 heteroatoms. The molecule has 1 N–H and O–H groups in total. The average molecular weight is 404 g/mol. The zero-order chi connectivity index (χ0) is 19.1. The van der Waals surface area contributed by atoms with Crippen LogP contribution < -0.4 is 5.32 Å². The lowest BCUT2D eigenvalue weighted by molar-refractivity contribution is -0.149. The highest BCUT2D eigenvalue weighted by Crippen LogP contribution is 2.26. The van der Waals surface area contributed by atoms with Crippen LogP contribution in [0.3, 0.4) is 0 Å². The summed E-state index contributed by atoms with van der Waals surface area (Å²) in [5.41, 5.74) is 0.486. The third-order valence-electron chi connectivity index (χ3n) is 4.78. The monoisotopic (exact) mass is 403 g/mol. The molecule has 1 aliphatic carbocycles. The minimum Gasteiger partial charge on any atom is -0.449 e. The highest BCUT2D eigenvalue weighted by molar-refractivity contribution is 7.12. The van der Waals surface area contributed by atoms with Crippen molar-refractivity contribution >= 4 is 46.2 Å². The lowest BCUT2D eigenvalue weighted by atomic mass is 9.89. The molecule has 0 unspecified atom stereocenters. The van der Waals surface area contributed by atoms with Crippen molar-refractivity contribution in [3.8, 4) is 0 Å². The Hall–Kier alpha value is -1.92. The molecule has 1 aliphatic rings. The van der Waals surface area contributed by atoms with Crippen LogP contribution in [0.25, 0.3) is 11.6 Å². The molecule has 2 heterocycles. The molecule has 1 saturated carbocycles. The molecule has 0 aliphatic heterocycles. The highest BCUT2D eigenvalue weighted by Gasteiger charge is 2.23. The first-order valence-corrected chi connectivity index (χ1v) is 11.2. The van der Waals surface area contributed by atoms with Gasteiger partial charge >= 0.3 is 5.97 Å². The van der Waals surface area contributed by atoms with Crippen molar-refractivity contribution in [3.63, 3.8) is 0 Å². The lowest BCUT2D eigenvalue weighted by Crippen LogP contribution is -2.38. The second kappa shape index (κ2) is 9.85. The van der Waals surface area contributed by atoms with Gasteiger partial charge in [-0.15, -0.1) is 22.7 Å². The van der Waals surface area contributed by atoms with Crippen LogP contribution in [0.2, 0.25) is 0 Å². The summed E-state index contributed by atoms with van der Waals surface area (Å²) in [6.45, 7) is 2.30. The van der Waals surface area contributed by atoms with E-state index < -0.39 is 12.1 Å². The number of hydrogen-bond acceptors (Lipinski definition) is 5. The Morgan fingerprint density at radius 2 is 1.93 bits per heavy atom. The molecule has 1 amide bonds. The molecular formula is C21H25NO3S2. The van der Waals surface area contributed by atoms with E-state index in [-0.39, 0.29) is 5.91 Å². The molecule has 2 aromatic rings. The van der Waals surface area contributed by atoms with Gasteiger partial charge in [-0.1, -0.05) is 31.4 Å². The number of thiophene rings is 2. The van der Waals surface area contributed by atoms with Crippen LogP contribution >= 0.6 is 22.7 Å². The molecule has 0 saturated heterocycles. The summed E-state index contributed by atoms with van der Waals surface area (Å²) in [6, 6.07) is 7.68. The predicted octanol–water partition coefficient (Wildman–Crippen LogP) is 4.98. The fourth-order valence-electron chi connectivity index (χ4n) is 3.24. The van der Waals surface area contributed by atoms with Gasteiger partial charge in [0, 0.05) is 16.3 Å². The van der Waals surface area contributed by atoms with E-state index in [1.54, 1.807) is 18.3 Å². The van der Waals surface area contributed by atoms with Crippen LogP contribution in [0, 0.1) is 5.92 Å². The molecule has 1 fully saturated rings. The Morgan fingerprint density at radius 1 is 1.19 bits per heavy atom. The summed E-state index contributed by atoms with van der Waals surface area (Å²) < 4.78 is 5.48. The molecular weight excluding hydrogens is 378 g/mol. The SMILES string of the molecule is C[C@@H](OC(=O)/C(=C/c1cccs1)c1cccs1)C(=O)NCC1CCCCC1. The standard InChI is InChI=1S/C21H25NO3S2/c1-15(20(23)22-14-16-7-3-2-4-8-16)25-21(24)18(19-10-6-12-27-19)13-17-9-5-11-26-17/h5-6,9-13,15-16H,2-4,7-8,14H2,1H3,(H,22,23)/b18-13+/t15-/m1/s1. The van der Waals surface area contributed by atoms with Crippen molar-refractivity contribution in [1.29, 1.82) is 0 Å². The number of carbonyl (C=O) groups is 2. The van der Waals surface area contributed by atoms with Crippen molar-refractivity contribution in [3.05, 3.63) is 44.8 Å². The molecule has 27 heavy (non-hydrogen) atoms. The fourth-order valence-corrected chi connectivity index (χ4v) is 4.62. The van der Waals surface area contributed by atoms with E-state index in [0.717, 1.165) is 9.75 Å². The van der Waals surface area contributed by atoms with Crippen molar-refractivity contribution in [2.75, 3.05) is 6.54 Å². The minimum atomic E-state index is -0.812. The van der Waals surface area contributed by atoms with E-state index in [0.29, 0.717) is 18.0 Å². The van der Waals surface area contributed by atoms with Gasteiger partial charge in [0.15, 0.2) is 6.10 Å². The van der Waals surface area contributed by atoms with Gasteiger partial charge in [0.1, 0.15) is 0 Å². The van der Waals surface area contributed by atoms with Crippen LogP contribution in [0.5, 0.6) is 0 Å². The first-order chi connectivity index (χ1) is 13.1. The zero-order valence-corrected chi connectivity index (χ0v) is 17.1. The maximum Gasteiger partial charge on any atom is 0.340 e. The Morgan fingerprint density at radius 3 is 2.59 bits per heavy atom. The summed E-state index contributed by atoms with van der Waals surface area (Å²) in [5.74, 6) is -0.146. The molecule has 0 bridgehead atoms. The number of ether oxygens (including phenoxy) is 1. The smallest absolute Gasteiger partial charge is 0.340 e. The van der Waals surface area contributed by atoms with Gasteiger partial charge in [0.05, 0.1) is 5.57 Å². The number of nitrogens with one attached hydrogen (secondary N) is 1. The molecule has 0 radical (unpaired) electrons. The topological polar surface area (TPSA) is 55.4 Å². The maximum absolute atomic E-state index is 12.7. The second-order valence-corrected chi connectivity index (χ2v) is 8.77. The summed E-state index contributed by atoms with van der Waals surface area (Å²) >= 11 is 3.04. The van der Waals surface area contributed by atoms with Crippen molar-refractivity contribution in [2.45, 2.75) is 45.1 Å². The maximum atomic E-state index is 12.7. The van der Waals surface area contributed by atoms with E-state index in [2.05, 4.69) is 5.32 Å². The largest absolute Gasteiger partial charge is 0.449 e. The van der Waals surface area contributed by atoms with Gasteiger partial charge < -0.3 is 10.1 Å². The lowest BCUT2D eigenvalue weighted by Gasteiger charge is -2.22. The first-order valence-electron chi connectivity index (χ1n) is 9.41. The summed E-state index contributed by atoms with van der Waals surface area (Å²) in [4.78, 5) is 26.9. The van der Waals surface area contributed by atoms with Crippen LogP contribution in [-0.2, 0) is 14.3 Å². The van der Waals surface area contributed by atoms with Gasteiger partial charge in [-0.2, -0.15) is 0 Å². The molecule has 2 aromatic heterocycles. The van der Waals surface area contributed by atoms with E-state index in [1.807, 2.05) is 41.1 Å². The Bertz CT molecular complexity index is 759. The number of carbonyl (C=O) groups excluding carboxylic acids is 2. The Balaban J connectivity index is 1.60. The Labute approximate surface area is 168 Å². The summed E-state index contributed by atoms with van der Waals surface area (Å²) in [5, 5.41) is 6.83. The van der Waals surface area contributed by atoms with Crippen LogP contribution in [0.4, 0.5) is 0 Å². The van der Waals surface area contributed by atoms with Gasteiger partial charge in [-0.3, -0.25) is 4.79 Å². The molecule has 1 atom stereocenters. The van der Waals surface area contributed by atoms with Crippen molar-refractivity contribution < 1.29 is 14.3 Å². The number of esters is 1. The van der Waals surface area contributed by atoms with Crippen molar-refractivity contribution in [2.24, 2.45) is 5.92 Å².